The molecule has 2 unspecified atom stereocenters. The summed E-state index contributed by atoms with van der Waals surface area (Å²) in [7, 11) is -5.85. The van der Waals surface area contributed by atoms with E-state index < -0.39 is 25.3 Å². The number of para-hydroxylation sites is 2. The molecule has 0 heterocycles. The van der Waals surface area contributed by atoms with Crippen molar-refractivity contribution in [2.75, 3.05) is 0 Å². The molecule has 0 spiro atoms. The van der Waals surface area contributed by atoms with Crippen LogP contribution < -0.4 is 19.4 Å². The van der Waals surface area contributed by atoms with E-state index in [-0.39, 0.29) is 24.4 Å². The van der Waals surface area contributed by atoms with Crippen molar-refractivity contribution in [3.05, 3.63) is 48.5 Å². The van der Waals surface area contributed by atoms with Crippen LogP contribution in [0.4, 0.5) is 0 Å². The molecular formula is C54H90O6P2Si. The molecule has 2 aromatic carbocycles. The van der Waals surface area contributed by atoms with Crippen LogP contribution in [-0.2, 0) is 18.1 Å². The summed E-state index contributed by atoms with van der Waals surface area (Å²) in [6, 6.07) is 17.5. The van der Waals surface area contributed by atoms with Gasteiger partial charge in [0.05, 0.1) is 24.4 Å². The molecule has 2 aromatic rings. The number of hydrogen-bond donors (Lipinski definition) is 0. The second kappa shape index (κ2) is 23.3. The van der Waals surface area contributed by atoms with Crippen LogP contribution >= 0.6 is 17.2 Å². The van der Waals surface area contributed by atoms with E-state index in [9.17, 15) is 0 Å². The average molecular weight is 925 g/mol. The average Bonchev–Trinajstić information content (AvgIpc) is 3.21. The summed E-state index contributed by atoms with van der Waals surface area (Å²) >= 11 is 0. The molecule has 63 heavy (non-hydrogen) atoms. The van der Waals surface area contributed by atoms with Crippen LogP contribution in [0.3, 0.4) is 0 Å². The number of hydrogen-bond acceptors (Lipinski definition) is 6. The molecule has 0 aliphatic heterocycles. The van der Waals surface area contributed by atoms with Gasteiger partial charge in [-0.2, -0.15) is 0 Å². The highest BCUT2D eigenvalue weighted by Gasteiger charge is 2.43. The molecule has 0 radical (unpaired) electrons. The molecule has 0 bridgehead atoms. The third kappa shape index (κ3) is 13.6. The van der Waals surface area contributed by atoms with Crippen LogP contribution in [0.1, 0.15) is 160 Å². The van der Waals surface area contributed by atoms with Crippen molar-refractivity contribution < 1.29 is 27.1 Å². The van der Waals surface area contributed by atoms with Crippen LogP contribution in [0, 0.1) is 71.0 Å². The first-order chi connectivity index (χ1) is 29.9. The van der Waals surface area contributed by atoms with Crippen molar-refractivity contribution in [2.45, 2.75) is 198 Å². The first kappa shape index (κ1) is 51.4. The molecule has 4 aliphatic rings. The summed E-state index contributed by atoms with van der Waals surface area (Å²) in [6.45, 7) is 33.3. The molecule has 4 fully saturated rings. The molecule has 4 aliphatic carbocycles. The van der Waals surface area contributed by atoms with Crippen molar-refractivity contribution in [1.29, 1.82) is 0 Å². The standard InChI is InChI=1S/C54H90O6P2Si/c1-35(2)43-27-23-39(9)31-49(43)57-61(58-50-32-40(10)24-28-44(50)36(3)4)55-47-19-15-17-21-53(47)63(13,14)54-22-18-16-20-48(54)56-62(59-51-33-41(11)25-29-45(51)37(5)6)60-52-34-42(12)26-30-46(52)38(7)8/h15-22,35-46,49-52H,23-34H2,1-14H3/t39-,40-,41-,42-,43+,44+,45+,46?,49-,50-,51-,52-,62?/m1/s1. The summed E-state index contributed by atoms with van der Waals surface area (Å²) in [6.07, 6.45) is 14.5. The van der Waals surface area contributed by atoms with Crippen LogP contribution in [0.2, 0.25) is 13.1 Å². The van der Waals surface area contributed by atoms with E-state index in [1.165, 1.54) is 61.7 Å². The van der Waals surface area contributed by atoms with Gasteiger partial charge in [0.2, 0.25) is 0 Å². The molecule has 356 valence electrons. The Morgan fingerprint density at radius 3 is 0.921 bits per heavy atom. The summed E-state index contributed by atoms with van der Waals surface area (Å²) < 4.78 is 43.5. The predicted molar refractivity (Wildman–Crippen MR) is 270 cm³/mol. The Bertz CT molecular complexity index is 1500. The largest absolute Gasteiger partial charge is 0.427 e. The first-order valence-corrected chi connectivity index (χ1v) is 30.9. The van der Waals surface area contributed by atoms with Crippen LogP contribution in [-0.4, -0.2) is 32.5 Å². The normalized spacial score (nSPS) is 32.7. The zero-order chi connectivity index (χ0) is 45.6. The summed E-state index contributed by atoms with van der Waals surface area (Å²) in [5.41, 5.74) is 0. The third-order valence-corrected chi connectivity index (χ3v) is 22.2. The zero-order valence-corrected chi connectivity index (χ0v) is 45.0. The Hall–Kier alpha value is -1.04. The second-order valence-corrected chi connectivity index (χ2v) is 29.6. The van der Waals surface area contributed by atoms with E-state index in [1.807, 2.05) is 0 Å². The van der Waals surface area contributed by atoms with Gasteiger partial charge in [-0.05, 0) is 145 Å². The molecule has 6 rings (SSSR count). The maximum atomic E-state index is 7.26. The topological polar surface area (TPSA) is 55.4 Å². The monoisotopic (exact) mass is 925 g/mol. The molecule has 6 nitrogen and oxygen atoms in total. The maximum absolute atomic E-state index is 7.26. The highest BCUT2D eigenvalue weighted by atomic mass is 31.2. The second-order valence-electron chi connectivity index (χ2n) is 23.1. The van der Waals surface area contributed by atoms with Crippen molar-refractivity contribution in [3.8, 4) is 11.5 Å². The lowest BCUT2D eigenvalue weighted by Gasteiger charge is -2.41. The summed E-state index contributed by atoms with van der Waals surface area (Å²) in [5.74, 6) is 8.43. The minimum Gasteiger partial charge on any atom is -0.427 e. The minimum atomic E-state index is -2.51. The fourth-order valence-electron chi connectivity index (χ4n) is 12.0. The van der Waals surface area contributed by atoms with E-state index in [1.54, 1.807) is 0 Å². The van der Waals surface area contributed by atoms with Crippen LogP contribution in [0.15, 0.2) is 48.5 Å². The first-order valence-electron chi connectivity index (χ1n) is 25.7. The van der Waals surface area contributed by atoms with Crippen molar-refractivity contribution in [2.24, 2.45) is 71.0 Å². The lowest BCUT2D eigenvalue weighted by atomic mass is 9.75. The Labute approximate surface area is 389 Å². The number of benzene rings is 2. The Morgan fingerprint density at radius 2 is 0.667 bits per heavy atom. The van der Waals surface area contributed by atoms with Gasteiger partial charge in [-0.25, -0.2) is 0 Å². The maximum Gasteiger partial charge on any atom is 0.397 e. The van der Waals surface area contributed by atoms with Gasteiger partial charge in [0.1, 0.15) is 19.6 Å². The highest BCUT2D eigenvalue weighted by molar-refractivity contribution is 7.42. The van der Waals surface area contributed by atoms with E-state index in [0.29, 0.717) is 71.0 Å². The van der Waals surface area contributed by atoms with Gasteiger partial charge >= 0.3 is 17.2 Å². The summed E-state index contributed by atoms with van der Waals surface area (Å²) in [4.78, 5) is 0. The van der Waals surface area contributed by atoms with Crippen LogP contribution in [0.5, 0.6) is 11.5 Å². The molecule has 0 aromatic heterocycles. The van der Waals surface area contributed by atoms with Gasteiger partial charge in [0, 0.05) is 0 Å². The lowest BCUT2D eigenvalue weighted by Crippen LogP contribution is -2.53. The van der Waals surface area contributed by atoms with Crippen molar-refractivity contribution in [1.82, 2.24) is 0 Å². The van der Waals surface area contributed by atoms with Gasteiger partial charge < -0.3 is 9.05 Å². The van der Waals surface area contributed by atoms with Gasteiger partial charge in [-0.3, -0.25) is 18.1 Å². The Kier molecular flexibility index (Phi) is 19.0. The van der Waals surface area contributed by atoms with Crippen molar-refractivity contribution in [3.63, 3.8) is 0 Å². The fraction of sp³-hybridized carbons (Fsp3) is 0.778. The lowest BCUT2D eigenvalue weighted by molar-refractivity contribution is -0.00309. The molecule has 0 N–H and O–H groups in total. The van der Waals surface area contributed by atoms with Gasteiger partial charge in [-0.1, -0.05) is 158 Å². The number of rotatable bonds is 18. The van der Waals surface area contributed by atoms with Crippen molar-refractivity contribution >= 4 is 35.7 Å². The molecule has 4 saturated carbocycles. The Balaban J connectivity index is 1.33. The van der Waals surface area contributed by atoms with E-state index in [4.69, 9.17) is 27.1 Å². The highest BCUT2D eigenvalue weighted by Crippen LogP contribution is 2.53. The van der Waals surface area contributed by atoms with Crippen LogP contribution in [0.25, 0.3) is 0 Å². The molecule has 13 atom stereocenters. The minimum absolute atomic E-state index is 0.119. The zero-order valence-electron chi connectivity index (χ0n) is 42.2. The van der Waals surface area contributed by atoms with Gasteiger partial charge in [0.15, 0.2) is 0 Å². The van der Waals surface area contributed by atoms with E-state index in [2.05, 4.69) is 145 Å². The molecular weight excluding hydrogens is 835 g/mol. The predicted octanol–water partition coefficient (Wildman–Crippen LogP) is 15.6. The summed E-state index contributed by atoms with van der Waals surface area (Å²) in [5, 5.41) is 2.45. The van der Waals surface area contributed by atoms with Gasteiger partial charge in [-0.15, -0.1) is 0 Å². The molecule has 0 saturated heterocycles. The van der Waals surface area contributed by atoms with E-state index in [0.717, 1.165) is 37.2 Å². The molecule has 0 amide bonds. The smallest absolute Gasteiger partial charge is 0.397 e. The molecule has 9 heteroatoms. The van der Waals surface area contributed by atoms with E-state index >= 15 is 0 Å². The van der Waals surface area contributed by atoms with Gasteiger partial charge in [0.25, 0.3) is 0 Å². The quantitative estimate of drug-likeness (QED) is 0.110. The fourth-order valence-corrected chi connectivity index (χ4v) is 17.7. The Morgan fingerprint density at radius 1 is 0.413 bits per heavy atom. The SMILES string of the molecule is CC(C)C1CC[C@@H](C)C[C@H]1OP(Oc1ccccc1[Si](C)(C)c1ccccc1OP(O[C@@H]1C[C@H](C)CC[C@H]1C(C)C)O[C@@H]1C[C@H](C)CC[C@H]1C(C)C)O[C@@H]1C[C@H](C)CC[C@H]1C(C)C. The third-order valence-electron chi connectivity index (χ3n) is 16.2.